The average Bonchev–Trinajstić information content (AvgIpc) is 2.30. The molecule has 0 bridgehead atoms. The van der Waals surface area contributed by atoms with Crippen molar-refractivity contribution in [3.8, 4) is 0 Å². The highest BCUT2D eigenvalue weighted by atomic mass is 16.5. The van der Waals surface area contributed by atoms with Crippen molar-refractivity contribution >= 4 is 0 Å². The molecule has 0 spiro atoms. The number of rotatable bonds is 0. The molecule has 3 rings (SSSR count). The molecule has 1 aliphatic heterocycles. The highest BCUT2D eigenvalue weighted by molar-refractivity contribution is 5.07. The molecule has 0 amide bonds. The fraction of sp³-hybridized carbons (Fsp3) is 0.846. The Hall–Kier alpha value is -0.340. The average molecular weight is 207 g/mol. The van der Waals surface area contributed by atoms with Crippen LogP contribution in [0.3, 0.4) is 0 Å². The zero-order valence-electron chi connectivity index (χ0n) is 9.56. The van der Waals surface area contributed by atoms with Gasteiger partial charge in [-0.25, -0.2) is 0 Å². The van der Waals surface area contributed by atoms with E-state index in [0.717, 1.165) is 0 Å². The topological polar surface area (TPSA) is 12.5 Å². The fourth-order valence-electron chi connectivity index (χ4n) is 3.51. The first-order chi connectivity index (χ1) is 7.36. The third-order valence-electron chi connectivity index (χ3n) is 4.38. The van der Waals surface area contributed by atoms with E-state index >= 15 is 0 Å². The summed E-state index contributed by atoms with van der Waals surface area (Å²) < 4.78 is 6.24. The smallest absolute Gasteiger partial charge is 0.0915 e. The zero-order chi connectivity index (χ0) is 10.3. The summed E-state index contributed by atoms with van der Waals surface area (Å²) in [6.45, 7) is 0. The number of allylic oxidation sites excluding steroid dienone is 1. The van der Waals surface area contributed by atoms with Gasteiger partial charge in [-0.3, -0.25) is 4.90 Å². The monoisotopic (exact) mass is 207 g/mol. The maximum absolute atomic E-state index is 6.24. The summed E-state index contributed by atoms with van der Waals surface area (Å²) in [5.74, 6) is 0. The minimum absolute atomic E-state index is 0.378. The lowest BCUT2D eigenvalue weighted by atomic mass is 9.85. The van der Waals surface area contributed by atoms with Crippen LogP contribution in [0, 0.1) is 0 Å². The molecule has 0 radical (unpaired) electrons. The Labute approximate surface area is 92.3 Å². The maximum atomic E-state index is 6.24. The van der Waals surface area contributed by atoms with Crippen molar-refractivity contribution in [2.75, 3.05) is 7.05 Å². The number of fused-ring (bicyclic) bond motifs is 2. The van der Waals surface area contributed by atoms with Gasteiger partial charge in [0.15, 0.2) is 0 Å². The Morgan fingerprint density at radius 1 is 1.13 bits per heavy atom. The van der Waals surface area contributed by atoms with E-state index < -0.39 is 0 Å². The predicted molar refractivity (Wildman–Crippen MR) is 60.8 cm³/mol. The van der Waals surface area contributed by atoms with Gasteiger partial charge in [0.05, 0.1) is 12.2 Å². The summed E-state index contributed by atoms with van der Waals surface area (Å²) in [6, 6.07) is 1.35. The van der Waals surface area contributed by atoms with Gasteiger partial charge in [-0.1, -0.05) is 25.0 Å². The molecule has 2 fully saturated rings. The van der Waals surface area contributed by atoms with Gasteiger partial charge in [-0.15, -0.1) is 0 Å². The van der Waals surface area contributed by atoms with Crippen LogP contribution in [0.15, 0.2) is 12.2 Å². The Balaban J connectivity index is 1.81. The SMILES string of the molecule is CN1C2CCC=CC2OC2CCCCC21. The normalized spacial score (nSPS) is 45.9. The van der Waals surface area contributed by atoms with Crippen molar-refractivity contribution in [2.45, 2.75) is 62.8 Å². The summed E-state index contributed by atoms with van der Waals surface area (Å²) in [6.07, 6.45) is 13.3. The van der Waals surface area contributed by atoms with E-state index in [1.165, 1.54) is 38.5 Å². The Morgan fingerprint density at radius 2 is 2.00 bits per heavy atom. The van der Waals surface area contributed by atoms with Crippen LogP contribution in [0.5, 0.6) is 0 Å². The first kappa shape index (κ1) is 9.86. The largest absolute Gasteiger partial charge is 0.368 e. The molecular weight excluding hydrogens is 186 g/mol. The molecule has 0 aromatic rings. The zero-order valence-corrected chi connectivity index (χ0v) is 9.56. The van der Waals surface area contributed by atoms with E-state index in [-0.39, 0.29) is 0 Å². The summed E-state index contributed by atoms with van der Waals surface area (Å²) in [5.41, 5.74) is 0. The highest BCUT2D eigenvalue weighted by Gasteiger charge is 2.41. The fourth-order valence-corrected chi connectivity index (χ4v) is 3.51. The Bertz CT molecular complexity index is 263. The van der Waals surface area contributed by atoms with Crippen LogP contribution >= 0.6 is 0 Å². The van der Waals surface area contributed by atoms with Crippen molar-refractivity contribution in [1.29, 1.82) is 0 Å². The van der Waals surface area contributed by atoms with Crippen LogP contribution < -0.4 is 0 Å². The second-order valence-electron chi connectivity index (χ2n) is 5.23. The summed E-state index contributed by atoms with van der Waals surface area (Å²) in [4.78, 5) is 2.61. The molecule has 0 aromatic carbocycles. The molecule has 2 aliphatic carbocycles. The quantitative estimate of drug-likeness (QED) is 0.565. The number of hydrogen-bond donors (Lipinski definition) is 0. The number of hydrogen-bond acceptors (Lipinski definition) is 2. The molecule has 2 nitrogen and oxygen atoms in total. The lowest BCUT2D eigenvalue weighted by molar-refractivity contribution is -0.142. The van der Waals surface area contributed by atoms with Crippen LogP contribution in [-0.4, -0.2) is 36.2 Å². The molecule has 1 saturated carbocycles. The number of ether oxygens (including phenoxy) is 1. The molecule has 4 atom stereocenters. The van der Waals surface area contributed by atoms with E-state index in [4.69, 9.17) is 4.74 Å². The van der Waals surface area contributed by atoms with Gasteiger partial charge in [0, 0.05) is 12.1 Å². The first-order valence-corrected chi connectivity index (χ1v) is 6.40. The van der Waals surface area contributed by atoms with Crippen molar-refractivity contribution in [3.63, 3.8) is 0 Å². The van der Waals surface area contributed by atoms with E-state index in [1.807, 2.05) is 0 Å². The molecular formula is C13H21NO. The second-order valence-corrected chi connectivity index (χ2v) is 5.23. The summed E-state index contributed by atoms with van der Waals surface area (Å²) in [5, 5.41) is 0. The van der Waals surface area contributed by atoms with Gasteiger partial charge in [-0.05, 0) is 32.7 Å². The minimum Gasteiger partial charge on any atom is -0.368 e. The third kappa shape index (κ3) is 1.64. The van der Waals surface area contributed by atoms with Crippen molar-refractivity contribution in [1.82, 2.24) is 4.90 Å². The van der Waals surface area contributed by atoms with Gasteiger partial charge >= 0.3 is 0 Å². The molecule has 2 heteroatoms. The molecule has 3 aliphatic rings. The Morgan fingerprint density at radius 3 is 2.93 bits per heavy atom. The van der Waals surface area contributed by atoms with Crippen molar-refractivity contribution in [2.24, 2.45) is 0 Å². The standard InChI is InChI=1S/C13H21NO/c1-14-10-6-2-4-8-12(10)15-13-9-5-3-7-11(13)14/h4,8,10-13H,2-3,5-7,9H2,1H3. The first-order valence-electron chi connectivity index (χ1n) is 6.40. The summed E-state index contributed by atoms with van der Waals surface area (Å²) in [7, 11) is 2.31. The van der Waals surface area contributed by atoms with Crippen molar-refractivity contribution < 1.29 is 4.74 Å². The van der Waals surface area contributed by atoms with Crippen LogP contribution in [0.25, 0.3) is 0 Å². The lowest BCUT2D eigenvalue weighted by Gasteiger charge is -2.50. The molecule has 0 N–H and O–H groups in total. The van der Waals surface area contributed by atoms with Gasteiger partial charge in [-0.2, -0.15) is 0 Å². The molecule has 4 unspecified atom stereocenters. The molecule has 15 heavy (non-hydrogen) atoms. The minimum atomic E-state index is 0.378. The number of likely N-dealkylation sites (N-methyl/N-ethyl adjacent to an activating group) is 1. The lowest BCUT2D eigenvalue weighted by Crippen LogP contribution is -2.59. The number of nitrogens with zero attached hydrogens (tertiary/aromatic N) is 1. The van der Waals surface area contributed by atoms with Gasteiger partial charge < -0.3 is 4.74 Å². The number of morpholine rings is 1. The van der Waals surface area contributed by atoms with Crippen LogP contribution in [-0.2, 0) is 4.74 Å². The van der Waals surface area contributed by atoms with E-state index in [1.54, 1.807) is 0 Å². The molecule has 1 heterocycles. The molecule has 1 saturated heterocycles. The van der Waals surface area contributed by atoms with Crippen LogP contribution in [0.4, 0.5) is 0 Å². The Kier molecular flexibility index (Phi) is 2.57. The predicted octanol–water partition coefficient (Wildman–Crippen LogP) is 2.35. The van der Waals surface area contributed by atoms with Gasteiger partial charge in [0.2, 0.25) is 0 Å². The second kappa shape index (κ2) is 3.91. The molecule has 0 aromatic heterocycles. The van der Waals surface area contributed by atoms with Crippen molar-refractivity contribution in [3.05, 3.63) is 12.2 Å². The third-order valence-corrected chi connectivity index (χ3v) is 4.38. The highest BCUT2D eigenvalue weighted by Crippen LogP contribution is 2.35. The van der Waals surface area contributed by atoms with Gasteiger partial charge in [0.25, 0.3) is 0 Å². The van der Waals surface area contributed by atoms with E-state index in [0.29, 0.717) is 24.3 Å². The van der Waals surface area contributed by atoms with E-state index in [2.05, 4.69) is 24.1 Å². The summed E-state index contributed by atoms with van der Waals surface area (Å²) >= 11 is 0. The molecule has 84 valence electrons. The van der Waals surface area contributed by atoms with E-state index in [9.17, 15) is 0 Å². The van der Waals surface area contributed by atoms with Crippen LogP contribution in [0.1, 0.15) is 38.5 Å². The van der Waals surface area contributed by atoms with Gasteiger partial charge in [0.1, 0.15) is 0 Å². The maximum Gasteiger partial charge on any atom is 0.0915 e. The van der Waals surface area contributed by atoms with Crippen LogP contribution in [0.2, 0.25) is 0 Å².